The van der Waals surface area contributed by atoms with Gasteiger partial charge in [-0.2, -0.15) is 0 Å². The zero-order valence-corrected chi connectivity index (χ0v) is 21.6. The van der Waals surface area contributed by atoms with Crippen LogP contribution in [0.15, 0.2) is 42.5 Å². The van der Waals surface area contributed by atoms with Gasteiger partial charge in [0.1, 0.15) is 12.4 Å². The van der Waals surface area contributed by atoms with Crippen LogP contribution in [0.4, 0.5) is 18.0 Å². The molecule has 2 heterocycles. The fourth-order valence-corrected chi connectivity index (χ4v) is 6.12. The molecule has 2 bridgehead atoms. The number of piperidine rings is 1. The topological polar surface area (TPSA) is 58.6 Å². The Morgan fingerprint density at radius 1 is 1.06 bits per heavy atom. The average molecular weight is 523 g/mol. The maximum Gasteiger partial charge on any atom is 0.410 e. The maximum atomic E-state index is 14.5. The third-order valence-electron chi connectivity index (χ3n) is 7.10. The lowest BCUT2D eigenvalue weighted by molar-refractivity contribution is 0.0484. The normalized spacial score (nSPS) is 23.4. The molecule has 2 saturated heterocycles. The van der Waals surface area contributed by atoms with Gasteiger partial charge in [0, 0.05) is 24.2 Å². The highest BCUT2D eigenvalue weighted by Crippen LogP contribution is 2.41. The summed E-state index contributed by atoms with van der Waals surface area (Å²) in [5.74, 6) is -3.20. The van der Waals surface area contributed by atoms with Crippen LogP contribution in [0.25, 0.3) is 0 Å². The molecule has 0 radical (unpaired) electrons. The first-order valence-corrected chi connectivity index (χ1v) is 13.5. The lowest BCUT2D eigenvalue weighted by Crippen LogP contribution is -2.52. The molecule has 2 aliphatic rings. The Hall–Kier alpha value is -2.39. The minimum atomic E-state index is -1.45. The van der Waals surface area contributed by atoms with E-state index in [9.17, 15) is 22.2 Å². The molecule has 0 saturated carbocycles. The van der Waals surface area contributed by atoms with Gasteiger partial charge in [0.15, 0.2) is 11.6 Å². The second kappa shape index (κ2) is 10.9. The van der Waals surface area contributed by atoms with Crippen LogP contribution in [0.3, 0.4) is 0 Å². The number of hydrogen-bond acceptors (Lipinski definition) is 3. The Morgan fingerprint density at radius 2 is 1.67 bits per heavy atom. The molecule has 2 aromatic rings. The van der Waals surface area contributed by atoms with E-state index in [1.807, 2.05) is 56.0 Å². The number of hydrogen-bond donors (Lipinski definition) is 1. The van der Waals surface area contributed by atoms with Crippen molar-refractivity contribution < 1.29 is 26.9 Å². The molecule has 9 heteroatoms. The largest absolute Gasteiger partial charge is 0.445 e. The molecule has 2 aromatic carbocycles. The molecule has 36 heavy (non-hydrogen) atoms. The van der Waals surface area contributed by atoms with Crippen LogP contribution in [0, 0.1) is 23.4 Å². The first kappa shape index (κ1) is 26.7. The quantitative estimate of drug-likeness (QED) is 0.479. The van der Waals surface area contributed by atoms with Crippen LogP contribution in [0.1, 0.15) is 57.6 Å². The molecular weight excluding hydrogens is 489 g/mol. The van der Waals surface area contributed by atoms with E-state index in [2.05, 4.69) is 4.72 Å². The summed E-state index contributed by atoms with van der Waals surface area (Å²) in [7, 11) is -1.45. The SMILES string of the molecule is CC(C)(C)S(=O)N[C@@H](Cc1cc(F)c(F)cc1F)C1C[C@H]2CC[C@@H](C1)N2C(=O)OCc1ccccc1. The van der Waals surface area contributed by atoms with Gasteiger partial charge in [0.25, 0.3) is 0 Å². The lowest BCUT2D eigenvalue weighted by atomic mass is 9.83. The van der Waals surface area contributed by atoms with Crippen molar-refractivity contribution in [1.82, 2.24) is 9.62 Å². The number of rotatable bonds is 7. The van der Waals surface area contributed by atoms with Crippen LogP contribution in [-0.2, 0) is 28.8 Å². The van der Waals surface area contributed by atoms with Gasteiger partial charge in [-0.15, -0.1) is 0 Å². The summed E-state index contributed by atoms with van der Waals surface area (Å²) in [6.45, 7) is 5.70. The fourth-order valence-electron chi connectivity index (χ4n) is 5.22. The first-order chi connectivity index (χ1) is 17.0. The Kier molecular flexibility index (Phi) is 8.09. The minimum absolute atomic E-state index is 0.0283. The number of amides is 1. The third-order valence-corrected chi connectivity index (χ3v) is 8.73. The average Bonchev–Trinajstić information content (AvgIpc) is 3.09. The van der Waals surface area contributed by atoms with E-state index in [4.69, 9.17) is 4.74 Å². The number of halogens is 3. The Morgan fingerprint density at radius 3 is 2.28 bits per heavy atom. The molecular formula is C27H33F3N2O3S. The van der Waals surface area contributed by atoms with Gasteiger partial charge in [0.05, 0.1) is 15.7 Å². The summed E-state index contributed by atoms with van der Waals surface area (Å²) >= 11 is 0. The highest BCUT2D eigenvalue weighted by molar-refractivity contribution is 7.84. The molecule has 0 aromatic heterocycles. The van der Waals surface area contributed by atoms with Crippen LogP contribution in [0.5, 0.6) is 0 Å². The highest BCUT2D eigenvalue weighted by atomic mass is 32.2. The van der Waals surface area contributed by atoms with E-state index in [0.717, 1.165) is 24.5 Å². The van der Waals surface area contributed by atoms with Gasteiger partial charge in [0.2, 0.25) is 0 Å². The van der Waals surface area contributed by atoms with Gasteiger partial charge in [-0.05, 0) is 76.0 Å². The van der Waals surface area contributed by atoms with E-state index in [1.54, 1.807) is 0 Å². The summed E-state index contributed by atoms with van der Waals surface area (Å²) in [5.41, 5.74) is 0.949. The summed E-state index contributed by atoms with van der Waals surface area (Å²) in [4.78, 5) is 14.8. The van der Waals surface area contributed by atoms with Crippen LogP contribution in [-0.4, -0.2) is 38.1 Å². The van der Waals surface area contributed by atoms with Gasteiger partial charge < -0.3 is 9.64 Å². The van der Waals surface area contributed by atoms with Crippen molar-refractivity contribution in [3.05, 3.63) is 71.0 Å². The van der Waals surface area contributed by atoms with Crippen molar-refractivity contribution in [3.8, 4) is 0 Å². The number of nitrogens with one attached hydrogen (secondary N) is 1. The van der Waals surface area contributed by atoms with E-state index in [-0.39, 0.29) is 42.7 Å². The molecule has 196 valence electrons. The van der Waals surface area contributed by atoms with E-state index < -0.39 is 39.2 Å². The van der Waals surface area contributed by atoms with Crippen molar-refractivity contribution in [2.45, 2.75) is 82.4 Å². The van der Waals surface area contributed by atoms with E-state index >= 15 is 0 Å². The Balaban J connectivity index is 1.49. The zero-order chi connectivity index (χ0) is 26.0. The second-order valence-electron chi connectivity index (χ2n) is 10.7. The Bertz CT molecular complexity index is 1100. The lowest BCUT2D eigenvalue weighted by Gasteiger charge is -2.41. The molecule has 4 rings (SSSR count). The van der Waals surface area contributed by atoms with Gasteiger partial charge in [-0.25, -0.2) is 26.9 Å². The molecule has 5 atom stereocenters. The van der Waals surface area contributed by atoms with Gasteiger partial charge in [-0.1, -0.05) is 30.3 Å². The van der Waals surface area contributed by atoms with Gasteiger partial charge >= 0.3 is 6.09 Å². The van der Waals surface area contributed by atoms with Crippen LogP contribution in [0.2, 0.25) is 0 Å². The molecule has 1 amide bonds. The monoisotopic (exact) mass is 522 g/mol. The van der Waals surface area contributed by atoms with Crippen molar-refractivity contribution in [1.29, 1.82) is 0 Å². The van der Waals surface area contributed by atoms with Crippen LogP contribution >= 0.6 is 0 Å². The minimum Gasteiger partial charge on any atom is -0.445 e. The fraction of sp³-hybridized carbons (Fsp3) is 0.519. The molecule has 0 aliphatic carbocycles. The predicted molar refractivity (Wildman–Crippen MR) is 133 cm³/mol. The number of ether oxygens (including phenoxy) is 1. The first-order valence-electron chi connectivity index (χ1n) is 12.3. The molecule has 2 unspecified atom stereocenters. The van der Waals surface area contributed by atoms with Crippen LogP contribution < -0.4 is 4.72 Å². The molecule has 1 N–H and O–H groups in total. The van der Waals surface area contributed by atoms with E-state index in [1.165, 1.54) is 0 Å². The second-order valence-corrected chi connectivity index (χ2v) is 12.7. The van der Waals surface area contributed by atoms with Crippen molar-refractivity contribution >= 4 is 17.1 Å². The third kappa shape index (κ3) is 6.11. The standard InChI is InChI=1S/C27H33F3N2O3S/c1-27(2,3)36(34)31-25(14-18-13-23(29)24(30)15-22(18)28)19-11-20-9-10-21(12-19)32(20)26(33)35-16-17-7-5-4-6-8-17/h4-8,13,15,19-21,25,31H,9-12,14,16H2,1-3H3/t19?,20-,21+,25-,36?/m0/s1. The van der Waals surface area contributed by atoms with Crippen molar-refractivity contribution in [2.75, 3.05) is 0 Å². The summed E-state index contributed by atoms with van der Waals surface area (Å²) in [6, 6.07) is 10.4. The maximum absolute atomic E-state index is 14.5. The molecule has 2 aliphatic heterocycles. The summed E-state index contributed by atoms with van der Waals surface area (Å²) in [6.07, 6.45) is 2.63. The number of fused-ring (bicyclic) bond motifs is 2. The number of carbonyl (C=O) groups is 1. The smallest absolute Gasteiger partial charge is 0.410 e. The Labute approximate surface area is 213 Å². The van der Waals surface area contributed by atoms with Crippen molar-refractivity contribution in [2.24, 2.45) is 5.92 Å². The number of nitrogens with zero attached hydrogens (tertiary/aromatic N) is 1. The summed E-state index contributed by atoms with van der Waals surface area (Å²) in [5, 5.41) is 0. The number of carbonyl (C=O) groups excluding carboxylic acids is 1. The highest BCUT2D eigenvalue weighted by Gasteiger charge is 2.46. The molecule has 2 fully saturated rings. The molecule has 5 nitrogen and oxygen atoms in total. The van der Waals surface area contributed by atoms with E-state index in [0.29, 0.717) is 18.9 Å². The number of benzene rings is 2. The zero-order valence-electron chi connectivity index (χ0n) is 20.8. The summed E-state index contributed by atoms with van der Waals surface area (Å²) < 4.78 is 63.0. The molecule has 0 spiro atoms. The van der Waals surface area contributed by atoms with Crippen molar-refractivity contribution in [3.63, 3.8) is 0 Å². The predicted octanol–water partition coefficient (Wildman–Crippen LogP) is 5.65. The van der Waals surface area contributed by atoms with Gasteiger partial charge in [-0.3, -0.25) is 0 Å².